The Labute approximate surface area is 140 Å². The summed E-state index contributed by atoms with van der Waals surface area (Å²) in [5.41, 5.74) is 1.60. The Morgan fingerprint density at radius 2 is 2.00 bits per heavy atom. The normalized spacial score (nSPS) is 10.6. The van der Waals surface area contributed by atoms with Gasteiger partial charge < -0.3 is 9.84 Å². The first-order valence-corrected chi connectivity index (χ1v) is 7.01. The lowest BCUT2D eigenvalue weighted by Gasteiger charge is -2.06. The number of nitrogens with one attached hydrogen (secondary N) is 2. The van der Waals surface area contributed by atoms with Crippen LogP contribution in [-0.2, 0) is 16.1 Å². The van der Waals surface area contributed by atoms with Crippen molar-refractivity contribution in [3.63, 3.8) is 0 Å². The summed E-state index contributed by atoms with van der Waals surface area (Å²) in [5.74, 6) is -1.47. The second-order valence-corrected chi connectivity index (χ2v) is 4.75. The van der Waals surface area contributed by atoms with E-state index < -0.39 is 36.1 Å². The van der Waals surface area contributed by atoms with Crippen LogP contribution >= 0.6 is 0 Å². The average Bonchev–Trinajstić information content (AvgIpc) is 2.57. The van der Waals surface area contributed by atoms with Crippen LogP contribution in [0, 0.1) is 0 Å². The monoisotopic (exact) mass is 346 g/mol. The summed E-state index contributed by atoms with van der Waals surface area (Å²) >= 11 is 0. The zero-order valence-corrected chi connectivity index (χ0v) is 12.8. The van der Waals surface area contributed by atoms with E-state index in [9.17, 15) is 19.2 Å². The van der Waals surface area contributed by atoms with E-state index in [2.05, 4.69) is 15.6 Å². The van der Waals surface area contributed by atoms with Gasteiger partial charge in [0.05, 0.1) is 6.21 Å². The number of aromatic amines is 1. The topological polar surface area (TPSA) is 143 Å². The molecule has 0 saturated heterocycles. The van der Waals surface area contributed by atoms with Gasteiger partial charge >= 0.3 is 5.97 Å². The fourth-order valence-corrected chi connectivity index (χ4v) is 1.79. The number of carboxylic acids is 1. The highest BCUT2D eigenvalue weighted by molar-refractivity contribution is 5.85. The van der Waals surface area contributed by atoms with Crippen molar-refractivity contribution in [2.75, 3.05) is 6.61 Å². The van der Waals surface area contributed by atoms with Gasteiger partial charge in [0.2, 0.25) is 0 Å². The molecule has 3 N–H and O–H groups in total. The van der Waals surface area contributed by atoms with Gasteiger partial charge in [0.1, 0.15) is 12.3 Å². The Morgan fingerprint density at radius 1 is 1.24 bits per heavy atom. The lowest BCUT2D eigenvalue weighted by molar-refractivity contribution is -0.139. The number of carbonyl (C=O) groups is 2. The number of carboxylic acid groups (broad SMARTS) is 1. The number of hydrogen-bond donors (Lipinski definition) is 3. The number of hydrogen-bond acceptors (Lipinski definition) is 6. The molecule has 10 heteroatoms. The Kier molecular flexibility index (Phi) is 5.82. The number of amides is 1. The van der Waals surface area contributed by atoms with Crippen LogP contribution < -0.4 is 21.3 Å². The molecule has 0 radical (unpaired) electrons. The van der Waals surface area contributed by atoms with Crippen LogP contribution in [0.15, 0.2) is 51.1 Å². The fourth-order valence-electron chi connectivity index (χ4n) is 1.79. The molecule has 0 atom stereocenters. The summed E-state index contributed by atoms with van der Waals surface area (Å²) in [6, 6.07) is 8.62. The zero-order chi connectivity index (χ0) is 18.2. The SMILES string of the molecule is O=C(O)COc1ccccc1/C=N\NC(=O)Cn1[nH]c(=O)ccc1=O. The first-order valence-electron chi connectivity index (χ1n) is 7.01. The van der Waals surface area contributed by atoms with E-state index in [1.54, 1.807) is 24.3 Å². The van der Waals surface area contributed by atoms with Crippen molar-refractivity contribution in [2.45, 2.75) is 6.54 Å². The molecule has 2 rings (SSSR count). The summed E-state index contributed by atoms with van der Waals surface area (Å²) in [6.45, 7) is -0.926. The largest absolute Gasteiger partial charge is 0.481 e. The van der Waals surface area contributed by atoms with E-state index in [-0.39, 0.29) is 5.75 Å². The number of nitrogens with zero attached hydrogens (tertiary/aromatic N) is 2. The van der Waals surface area contributed by atoms with Crippen molar-refractivity contribution < 1.29 is 19.4 Å². The molecule has 10 nitrogen and oxygen atoms in total. The molecule has 0 aliphatic heterocycles. The van der Waals surface area contributed by atoms with Crippen LogP contribution in [0.3, 0.4) is 0 Å². The van der Waals surface area contributed by atoms with Crippen LogP contribution in [0.5, 0.6) is 5.75 Å². The molecule has 1 heterocycles. The predicted molar refractivity (Wildman–Crippen MR) is 86.6 cm³/mol. The van der Waals surface area contributed by atoms with Gasteiger partial charge in [-0.2, -0.15) is 5.10 Å². The molecule has 0 fully saturated rings. The van der Waals surface area contributed by atoms with E-state index in [0.717, 1.165) is 16.8 Å². The number of rotatable bonds is 7. The number of aromatic nitrogens is 2. The van der Waals surface area contributed by atoms with Gasteiger partial charge in [-0.1, -0.05) is 12.1 Å². The Hall–Kier alpha value is -3.69. The fraction of sp³-hybridized carbons (Fsp3) is 0.133. The summed E-state index contributed by atoms with van der Waals surface area (Å²) in [4.78, 5) is 44.9. The first kappa shape index (κ1) is 17.7. The third-order valence-corrected chi connectivity index (χ3v) is 2.85. The van der Waals surface area contributed by atoms with E-state index in [1.807, 2.05) is 0 Å². The first-order chi connectivity index (χ1) is 12.0. The van der Waals surface area contributed by atoms with Gasteiger partial charge in [-0.05, 0) is 12.1 Å². The minimum Gasteiger partial charge on any atom is -0.481 e. The average molecular weight is 346 g/mol. The van der Waals surface area contributed by atoms with Crippen molar-refractivity contribution in [3.8, 4) is 5.75 Å². The highest BCUT2D eigenvalue weighted by Gasteiger charge is 2.05. The van der Waals surface area contributed by atoms with Gasteiger partial charge in [-0.15, -0.1) is 0 Å². The number of aliphatic carboxylic acids is 1. The molecule has 0 aliphatic rings. The molecule has 130 valence electrons. The predicted octanol–water partition coefficient (Wildman–Crippen LogP) is -0.850. The molecular weight excluding hydrogens is 332 g/mol. The Balaban J connectivity index is 2.00. The van der Waals surface area contributed by atoms with E-state index in [0.29, 0.717) is 5.56 Å². The van der Waals surface area contributed by atoms with Gasteiger partial charge in [-0.3, -0.25) is 19.5 Å². The maximum Gasteiger partial charge on any atom is 0.341 e. The number of H-pyrrole nitrogens is 1. The van der Waals surface area contributed by atoms with Crippen LogP contribution in [0.1, 0.15) is 5.56 Å². The van der Waals surface area contributed by atoms with E-state index in [4.69, 9.17) is 9.84 Å². The number of benzene rings is 1. The standard InChI is InChI=1S/C15H14N4O6/c20-12-5-6-14(22)19(18-12)8-13(21)17-16-7-10-3-1-2-4-11(10)25-9-15(23)24/h1-7H,8-9H2,(H,17,21)(H,18,20)(H,23,24)/b16-7-. The number of ether oxygens (including phenoxy) is 1. The third-order valence-electron chi connectivity index (χ3n) is 2.85. The number of para-hydroxylation sites is 1. The lowest BCUT2D eigenvalue weighted by atomic mass is 10.2. The minimum absolute atomic E-state index is 0.284. The maximum absolute atomic E-state index is 11.8. The van der Waals surface area contributed by atoms with Crippen molar-refractivity contribution in [1.29, 1.82) is 0 Å². The number of carbonyl (C=O) groups excluding carboxylic acids is 1. The Bertz CT molecular complexity index is 914. The summed E-state index contributed by atoms with van der Waals surface area (Å²) in [6.07, 6.45) is 1.27. The molecule has 0 spiro atoms. The zero-order valence-electron chi connectivity index (χ0n) is 12.8. The highest BCUT2D eigenvalue weighted by Crippen LogP contribution is 2.15. The molecular formula is C15H14N4O6. The van der Waals surface area contributed by atoms with Gasteiger partial charge in [-0.25, -0.2) is 14.9 Å². The summed E-state index contributed by atoms with van der Waals surface area (Å²) < 4.78 is 5.94. The third kappa shape index (κ3) is 5.46. The quantitative estimate of drug-likeness (QED) is 0.440. The minimum atomic E-state index is -1.12. The lowest BCUT2D eigenvalue weighted by Crippen LogP contribution is -2.34. The number of hydrazone groups is 1. The molecule has 0 unspecified atom stereocenters. The second-order valence-electron chi connectivity index (χ2n) is 4.75. The smallest absolute Gasteiger partial charge is 0.341 e. The highest BCUT2D eigenvalue weighted by atomic mass is 16.5. The molecule has 1 aromatic heterocycles. The van der Waals surface area contributed by atoms with Crippen molar-refractivity contribution in [2.24, 2.45) is 5.10 Å². The van der Waals surface area contributed by atoms with E-state index in [1.165, 1.54) is 6.21 Å². The summed E-state index contributed by atoms with van der Waals surface area (Å²) in [7, 11) is 0. The van der Waals surface area contributed by atoms with Crippen LogP contribution in [0.25, 0.3) is 0 Å². The van der Waals surface area contributed by atoms with Crippen LogP contribution in [0.4, 0.5) is 0 Å². The van der Waals surface area contributed by atoms with Gasteiger partial charge in [0.15, 0.2) is 6.61 Å². The second kappa shape index (κ2) is 8.24. The van der Waals surface area contributed by atoms with Crippen molar-refractivity contribution in [1.82, 2.24) is 15.2 Å². The molecule has 0 bridgehead atoms. The van der Waals surface area contributed by atoms with Gasteiger partial charge in [0, 0.05) is 17.7 Å². The molecule has 2 aromatic rings. The summed E-state index contributed by atoms with van der Waals surface area (Å²) in [5, 5.41) is 14.6. The Morgan fingerprint density at radius 3 is 2.76 bits per heavy atom. The van der Waals surface area contributed by atoms with Gasteiger partial charge in [0.25, 0.3) is 17.0 Å². The van der Waals surface area contributed by atoms with E-state index >= 15 is 0 Å². The maximum atomic E-state index is 11.8. The van der Waals surface area contributed by atoms with Crippen LogP contribution in [-0.4, -0.2) is 39.6 Å². The molecule has 1 amide bonds. The van der Waals surface area contributed by atoms with Crippen molar-refractivity contribution in [3.05, 3.63) is 62.7 Å². The molecule has 0 saturated carbocycles. The van der Waals surface area contributed by atoms with Crippen LogP contribution in [0.2, 0.25) is 0 Å². The molecule has 0 aliphatic carbocycles. The van der Waals surface area contributed by atoms with Crippen molar-refractivity contribution >= 4 is 18.1 Å². The molecule has 1 aromatic carbocycles. The molecule has 25 heavy (non-hydrogen) atoms.